The molecule has 3 nitrogen and oxygen atoms in total. The Morgan fingerprint density at radius 3 is 2.46 bits per heavy atom. The number of benzene rings is 2. The van der Waals surface area contributed by atoms with Crippen molar-refractivity contribution in [2.24, 2.45) is 0 Å². The lowest BCUT2D eigenvalue weighted by Gasteiger charge is -2.25. The van der Waals surface area contributed by atoms with Crippen molar-refractivity contribution in [2.45, 2.75) is 31.9 Å². The van der Waals surface area contributed by atoms with Crippen LogP contribution in [0.3, 0.4) is 0 Å². The maximum atomic E-state index is 13.1. The van der Waals surface area contributed by atoms with Crippen LogP contribution < -0.4 is 0 Å². The number of rotatable bonds is 7. The number of amides is 1. The number of hydrogen-bond donors (Lipinski definition) is 0. The summed E-state index contributed by atoms with van der Waals surface area (Å²) in [4.78, 5) is 16.2. The van der Waals surface area contributed by atoms with E-state index >= 15 is 0 Å². The summed E-state index contributed by atoms with van der Waals surface area (Å²) in [5, 5.41) is 2.06. The first-order chi connectivity index (χ1) is 13.8. The molecule has 2 heterocycles. The van der Waals surface area contributed by atoms with Crippen LogP contribution in [0.15, 0.2) is 72.1 Å². The van der Waals surface area contributed by atoms with E-state index in [0.717, 1.165) is 25.0 Å². The highest BCUT2D eigenvalue weighted by molar-refractivity contribution is 7.09. The molecule has 0 aliphatic carbocycles. The maximum Gasteiger partial charge on any atom is 0.227 e. The first kappa shape index (κ1) is 18.9. The van der Waals surface area contributed by atoms with Crippen LogP contribution in [0.1, 0.15) is 23.3 Å². The smallest absolute Gasteiger partial charge is 0.227 e. The van der Waals surface area contributed by atoms with Crippen molar-refractivity contribution in [3.63, 3.8) is 0 Å². The lowest BCUT2D eigenvalue weighted by atomic mass is 10.0. The van der Waals surface area contributed by atoms with E-state index in [-0.39, 0.29) is 12.0 Å². The first-order valence-corrected chi connectivity index (χ1v) is 10.7. The van der Waals surface area contributed by atoms with E-state index in [0.29, 0.717) is 19.5 Å². The van der Waals surface area contributed by atoms with Gasteiger partial charge in [0.05, 0.1) is 19.1 Å². The molecule has 1 unspecified atom stereocenters. The van der Waals surface area contributed by atoms with E-state index in [9.17, 15) is 4.79 Å². The third-order valence-corrected chi connectivity index (χ3v) is 6.01. The van der Waals surface area contributed by atoms with E-state index in [1.807, 2.05) is 29.2 Å². The van der Waals surface area contributed by atoms with E-state index in [4.69, 9.17) is 4.74 Å². The number of carbonyl (C=O) groups excluding carboxylic acids is 1. The molecular formula is C24H25NO2S. The summed E-state index contributed by atoms with van der Waals surface area (Å²) in [6, 6.07) is 22.8. The largest absolute Gasteiger partial charge is 0.376 e. The Kier molecular flexibility index (Phi) is 6.20. The fourth-order valence-corrected chi connectivity index (χ4v) is 4.33. The SMILES string of the molecule is O=C(Cc1ccc(-c2ccccc2)cc1)N(Cc1cccs1)CC1CCCO1. The van der Waals surface area contributed by atoms with Crippen molar-refractivity contribution in [1.82, 2.24) is 4.90 Å². The normalized spacial score (nSPS) is 16.2. The molecule has 4 rings (SSSR count). The summed E-state index contributed by atoms with van der Waals surface area (Å²) in [5.41, 5.74) is 3.41. The maximum absolute atomic E-state index is 13.1. The summed E-state index contributed by atoms with van der Waals surface area (Å²) < 4.78 is 5.78. The molecular weight excluding hydrogens is 366 g/mol. The van der Waals surface area contributed by atoms with E-state index in [1.54, 1.807) is 11.3 Å². The van der Waals surface area contributed by atoms with Crippen molar-refractivity contribution < 1.29 is 9.53 Å². The number of nitrogens with zero attached hydrogens (tertiary/aromatic N) is 1. The quantitative estimate of drug-likeness (QED) is 0.556. The van der Waals surface area contributed by atoms with E-state index in [2.05, 4.69) is 47.8 Å². The number of carbonyl (C=O) groups is 1. The van der Waals surface area contributed by atoms with Crippen molar-refractivity contribution in [2.75, 3.05) is 13.2 Å². The van der Waals surface area contributed by atoms with Gasteiger partial charge in [0.15, 0.2) is 0 Å². The molecule has 1 fully saturated rings. The highest BCUT2D eigenvalue weighted by Gasteiger charge is 2.23. The van der Waals surface area contributed by atoms with Gasteiger partial charge < -0.3 is 9.64 Å². The van der Waals surface area contributed by atoms with Crippen LogP contribution >= 0.6 is 11.3 Å². The minimum atomic E-state index is 0.163. The Balaban J connectivity index is 1.44. The summed E-state index contributed by atoms with van der Waals surface area (Å²) in [5.74, 6) is 0.163. The van der Waals surface area contributed by atoms with Crippen LogP contribution in [0.25, 0.3) is 11.1 Å². The van der Waals surface area contributed by atoms with E-state index < -0.39 is 0 Å². The van der Waals surface area contributed by atoms with Crippen LogP contribution in [0.2, 0.25) is 0 Å². The molecule has 1 aromatic heterocycles. The lowest BCUT2D eigenvalue weighted by Crippen LogP contribution is -2.37. The van der Waals surface area contributed by atoms with Gasteiger partial charge in [-0.25, -0.2) is 0 Å². The summed E-state index contributed by atoms with van der Waals surface area (Å²) in [6.07, 6.45) is 2.73. The molecule has 0 bridgehead atoms. The zero-order chi connectivity index (χ0) is 19.2. The topological polar surface area (TPSA) is 29.5 Å². The molecule has 1 atom stereocenters. The van der Waals surface area contributed by atoms with Crippen molar-refractivity contribution in [3.05, 3.63) is 82.6 Å². The Labute approximate surface area is 170 Å². The van der Waals surface area contributed by atoms with Crippen LogP contribution in [0, 0.1) is 0 Å². The summed E-state index contributed by atoms with van der Waals surface area (Å²) in [7, 11) is 0. The Morgan fingerprint density at radius 1 is 1.00 bits per heavy atom. The molecule has 0 N–H and O–H groups in total. The Hall–Kier alpha value is -2.43. The highest BCUT2D eigenvalue weighted by Crippen LogP contribution is 2.21. The molecule has 1 saturated heterocycles. The average Bonchev–Trinajstić information content (AvgIpc) is 3.43. The van der Waals surface area contributed by atoms with Gasteiger partial charge in [-0.05, 0) is 41.0 Å². The van der Waals surface area contributed by atoms with Crippen molar-refractivity contribution in [1.29, 1.82) is 0 Å². The molecule has 3 aromatic rings. The average molecular weight is 392 g/mol. The van der Waals surface area contributed by atoms with Gasteiger partial charge >= 0.3 is 0 Å². The zero-order valence-corrected chi connectivity index (χ0v) is 16.7. The molecule has 1 aliphatic rings. The second kappa shape index (κ2) is 9.18. The Bertz CT molecular complexity index is 869. The van der Waals surface area contributed by atoms with Gasteiger partial charge in [-0.15, -0.1) is 11.3 Å². The molecule has 144 valence electrons. The standard InChI is InChI=1S/C24H25NO2S/c26-24(16-19-10-12-21(13-11-19)20-6-2-1-3-7-20)25(17-22-8-4-14-27-22)18-23-9-5-15-28-23/h1-3,5-7,9-13,15,22H,4,8,14,16-18H2. The minimum absolute atomic E-state index is 0.163. The molecule has 28 heavy (non-hydrogen) atoms. The molecule has 0 saturated carbocycles. The second-order valence-electron chi connectivity index (χ2n) is 7.23. The van der Waals surface area contributed by atoms with Gasteiger partial charge in [-0.2, -0.15) is 0 Å². The van der Waals surface area contributed by atoms with Crippen LogP contribution in [-0.2, 0) is 22.5 Å². The predicted molar refractivity (Wildman–Crippen MR) is 114 cm³/mol. The summed E-state index contributed by atoms with van der Waals surface area (Å²) >= 11 is 1.70. The molecule has 1 amide bonds. The third-order valence-electron chi connectivity index (χ3n) is 5.14. The number of ether oxygens (including phenoxy) is 1. The van der Waals surface area contributed by atoms with Gasteiger partial charge in [0.1, 0.15) is 0 Å². The van der Waals surface area contributed by atoms with Crippen molar-refractivity contribution >= 4 is 17.2 Å². The molecule has 4 heteroatoms. The zero-order valence-electron chi connectivity index (χ0n) is 15.9. The number of thiophene rings is 1. The predicted octanol–water partition coefficient (Wildman–Crippen LogP) is 5.17. The van der Waals surface area contributed by atoms with Gasteiger partial charge in [0.2, 0.25) is 5.91 Å². The number of hydrogen-bond acceptors (Lipinski definition) is 3. The Morgan fingerprint density at radius 2 is 1.79 bits per heavy atom. The van der Waals surface area contributed by atoms with Crippen LogP contribution in [-0.4, -0.2) is 30.1 Å². The van der Waals surface area contributed by atoms with Crippen molar-refractivity contribution in [3.8, 4) is 11.1 Å². The van der Waals surface area contributed by atoms with Crippen LogP contribution in [0.5, 0.6) is 0 Å². The van der Waals surface area contributed by atoms with E-state index in [1.165, 1.54) is 16.0 Å². The molecule has 1 aliphatic heterocycles. The lowest BCUT2D eigenvalue weighted by molar-refractivity contribution is -0.132. The first-order valence-electron chi connectivity index (χ1n) is 9.84. The molecule has 0 spiro atoms. The monoisotopic (exact) mass is 391 g/mol. The summed E-state index contributed by atoms with van der Waals surface area (Å²) in [6.45, 7) is 2.16. The van der Waals surface area contributed by atoms with Gasteiger partial charge in [-0.3, -0.25) is 4.79 Å². The van der Waals surface area contributed by atoms with Gasteiger partial charge in [-0.1, -0.05) is 60.7 Å². The second-order valence-corrected chi connectivity index (χ2v) is 8.26. The molecule has 2 aromatic carbocycles. The highest BCUT2D eigenvalue weighted by atomic mass is 32.1. The van der Waals surface area contributed by atoms with Gasteiger partial charge in [0, 0.05) is 18.0 Å². The fourth-order valence-electron chi connectivity index (χ4n) is 3.61. The minimum Gasteiger partial charge on any atom is -0.376 e. The van der Waals surface area contributed by atoms with Gasteiger partial charge in [0.25, 0.3) is 0 Å². The fraction of sp³-hybridized carbons (Fsp3) is 0.292. The third kappa shape index (κ3) is 4.89. The van der Waals surface area contributed by atoms with Crippen LogP contribution in [0.4, 0.5) is 0 Å². The molecule has 0 radical (unpaired) electrons.